The van der Waals surface area contributed by atoms with Gasteiger partial charge in [-0.3, -0.25) is 19.2 Å². The number of aromatic amines is 1. The number of aliphatic hydroxyl groups excluding tert-OH is 1. The number of hydrogen-bond acceptors (Lipinski definition) is 6. The van der Waals surface area contributed by atoms with Gasteiger partial charge in [-0.25, -0.2) is 9.78 Å². The molecule has 1 fully saturated rings. The van der Waals surface area contributed by atoms with Gasteiger partial charge in [-0.15, -0.1) is 11.3 Å². The highest BCUT2D eigenvalue weighted by molar-refractivity contribution is 7.09. The highest BCUT2D eigenvalue weighted by Gasteiger charge is 2.33. The minimum atomic E-state index is -0.642. The SMILES string of the molecule is Cc1ncsc1CN1C[C@@H](O)[C@H](n2cc(C)c(=O)[nH]c2=O)C1. The normalized spacial score (nSPS) is 22.3. The molecule has 1 aliphatic rings. The largest absolute Gasteiger partial charge is 0.390 e. The van der Waals surface area contributed by atoms with Crippen LogP contribution in [0.1, 0.15) is 22.2 Å². The van der Waals surface area contributed by atoms with Gasteiger partial charge in [0, 0.05) is 36.3 Å². The first-order chi connectivity index (χ1) is 10.5. The molecule has 8 heteroatoms. The first-order valence-electron chi connectivity index (χ1n) is 7.07. The molecule has 0 amide bonds. The summed E-state index contributed by atoms with van der Waals surface area (Å²) in [5, 5.41) is 10.3. The van der Waals surface area contributed by atoms with Gasteiger partial charge in [-0.2, -0.15) is 0 Å². The second-order valence-electron chi connectivity index (χ2n) is 5.67. The molecular weight excluding hydrogens is 304 g/mol. The fourth-order valence-electron chi connectivity index (χ4n) is 2.76. The van der Waals surface area contributed by atoms with Crippen molar-refractivity contribution in [3.63, 3.8) is 0 Å². The van der Waals surface area contributed by atoms with E-state index in [9.17, 15) is 14.7 Å². The molecule has 2 atom stereocenters. The van der Waals surface area contributed by atoms with Crippen molar-refractivity contribution in [2.45, 2.75) is 32.5 Å². The Kier molecular flexibility index (Phi) is 3.98. The summed E-state index contributed by atoms with van der Waals surface area (Å²) in [6.07, 6.45) is 0.882. The number of nitrogens with zero attached hydrogens (tertiary/aromatic N) is 3. The van der Waals surface area contributed by atoms with E-state index in [-0.39, 0.29) is 11.6 Å². The van der Waals surface area contributed by atoms with Crippen LogP contribution in [0.4, 0.5) is 0 Å². The highest BCUT2D eigenvalue weighted by atomic mass is 32.1. The Bertz CT molecular complexity index is 794. The molecule has 2 aromatic heterocycles. The lowest BCUT2D eigenvalue weighted by Crippen LogP contribution is -2.37. The Balaban J connectivity index is 1.82. The molecule has 22 heavy (non-hydrogen) atoms. The number of β-amino-alcohol motifs (C(OH)–C–C–N with tert-alkyl or cyclic N) is 1. The van der Waals surface area contributed by atoms with Crippen LogP contribution in [0.3, 0.4) is 0 Å². The van der Waals surface area contributed by atoms with E-state index in [0.29, 0.717) is 25.2 Å². The van der Waals surface area contributed by atoms with Crippen molar-refractivity contribution >= 4 is 11.3 Å². The first kappa shape index (κ1) is 15.1. The van der Waals surface area contributed by atoms with E-state index in [1.807, 2.05) is 12.4 Å². The third kappa shape index (κ3) is 2.77. The minimum Gasteiger partial charge on any atom is -0.390 e. The molecule has 0 aliphatic carbocycles. The van der Waals surface area contributed by atoms with Crippen LogP contribution in [0.2, 0.25) is 0 Å². The molecule has 0 bridgehead atoms. The number of likely N-dealkylation sites (tertiary alicyclic amines) is 1. The fraction of sp³-hybridized carbons (Fsp3) is 0.500. The molecule has 0 unspecified atom stereocenters. The molecule has 2 aromatic rings. The van der Waals surface area contributed by atoms with Crippen molar-refractivity contribution in [3.05, 3.63) is 48.7 Å². The summed E-state index contributed by atoms with van der Waals surface area (Å²) in [6.45, 7) is 5.37. The van der Waals surface area contributed by atoms with Gasteiger partial charge in [0.1, 0.15) is 0 Å². The van der Waals surface area contributed by atoms with Gasteiger partial charge in [-0.05, 0) is 13.8 Å². The zero-order valence-electron chi connectivity index (χ0n) is 12.4. The number of aliphatic hydroxyl groups is 1. The van der Waals surface area contributed by atoms with E-state index in [2.05, 4.69) is 14.9 Å². The van der Waals surface area contributed by atoms with E-state index in [1.54, 1.807) is 18.3 Å². The predicted molar refractivity (Wildman–Crippen MR) is 83.2 cm³/mol. The van der Waals surface area contributed by atoms with Gasteiger partial charge in [-0.1, -0.05) is 0 Å². The lowest BCUT2D eigenvalue weighted by Gasteiger charge is -2.17. The van der Waals surface area contributed by atoms with Crippen LogP contribution in [0.5, 0.6) is 0 Å². The molecule has 3 heterocycles. The molecule has 0 spiro atoms. The van der Waals surface area contributed by atoms with Gasteiger partial charge >= 0.3 is 5.69 Å². The van der Waals surface area contributed by atoms with Gasteiger partial charge < -0.3 is 5.11 Å². The summed E-state index contributed by atoms with van der Waals surface area (Å²) >= 11 is 1.59. The van der Waals surface area contributed by atoms with E-state index < -0.39 is 11.8 Å². The molecule has 1 aliphatic heterocycles. The third-order valence-corrected chi connectivity index (χ3v) is 4.97. The van der Waals surface area contributed by atoms with Gasteiger partial charge in [0.2, 0.25) is 0 Å². The van der Waals surface area contributed by atoms with Crippen molar-refractivity contribution in [1.29, 1.82) is 0 Å². The number of nitrogens with one attached hydrogen (secondary N) is 1. The summed E-state index contributed by atoms with van der Waals surface area (Å²) in [5.41, 5.74) is 2.41. The van der Waals surface area contributed by atoms with Crippen molar-refractivity contribution in [2.75, 3.05) is 13.1 Å². The van der Waals surface area contributed by atoms with E-state index in [4.69, 9.17) is 0 Å². The maximum atomic E-state index is 12.0. The molecule has 7 nitrogen and oxygen atoms in total. The van der Waals surface area contributed by atoms with Gasteiger partial charge in [0.25, 0.3) is 5.56 Å². The first-order valence-corrected chi connectivity index (χ1v) is 7.95. The lowest BCUT2D eigenvalue weighted by atomic mass is 10.2. The predicted octanol–water partition coefficient (Wildman–Crippen LogP) is 0.0277. The lowest BCUT2D eigenvalue weighted by molar-refractivity contribution is 0.141. The molecule has 118 valence electrons. The fourth-order valence-corrected chi connectivity index (χ4v) is 3.58. The van der Waals surface area contributed by atoms with Crippen LogP contribution in [-0.2, 0) is 6.54 Å². The zero-order valence-corrected chi connectivity index (χ0v) is 13.3. The van der Waals surface area contributed by atoms with Crippen LogP contribution in [-0.4, -0.2) is 43.7 Å². The highest BCUT2D eigenvalue weighted by Crippen LogP contribution is 2.24. The summed E-state index contributed by atoms with van der Waals surface area (Å²) in [5.74, 6) is 0. The molecular formula is C14H18N4O3S. The minimum absolute atomic E-state index is 0.351. The summed E-state index contributed by atoms with van der Waals surface area (Å²) in [7, 11) is 0. The van der Waals surface area contributed by atoms with Crippen LogP contribution < -0.4 is 11.2 Å². The maximum absolute atomic E-state index is 12.0. The molecule has 0 aromatic carbocycles. The zero-order chi connectivity index (χ0) is 15.9. The van der Waals surface area contributed by atoms with Crippen LogP contribution >= 0.6 is 11.3 Å². The van der Waals surface area contributed by atoms with Crippen molar-refractivity contribution in [3.8, 4) is 0 Å². The Labute approximate surface area is 130 Å². The van der Waals surface area contributed by atoms with E-state index in [1.165, 1.54) is 10.8 Å². The topological polar surface area (TPSA) is 91.2 Å². The summed E-state index contributed by atoms with van der Waals surface area (Å²) in [6, 6.07) is -0.351. The average Bonchev–Trinajstić information content (AvgIpc) is 3.01. The molecule has 2 N–H and O–H groups in total. The smallest absolute Gasteiger partial charge is 0.328 e. The number of hydrogen-bond donors (Lipinski definition) is 2. The molecule has 3 rings (SSSR count). The average molecular weight is 322 g/mol. The second-order valence-corrected chi connectivity index (χ2v) is 6.61. The van der Waals surface area contributed by atoms with Crippen LogP contribution in [0.15, 0.2) is 21.3 Å². The number of aromatic nitrogens is 3. The van der Waals surface area contributed by atoms with E-state index in [0.717, 1.165) is 10.6 Å². The van der Waals surface area contributed by atoms with Crippen LogP contribution in [0.25, 0.3) is 0 Å². The Morgan fingerprint density at radius 2 is 2.18 bits per heavy atom. The monoisotopic (exact) mass is 322 g/mol. The summed E-state index contributed by atoms with van der Waals surface area (Å²) < 4.78 is 1.43. The Hall–Kier alpha value is -1.77. The molecule has 0 radical (unpaired) electrons. The molecule has 0 saturated carbocycles. The summed E-state index contributed by atoms with van der Waals surface area (Å²) in [4.78, 5) is 33.2. The standard InChI is InChI=1S/C14H18N4O3S/c1-8-3-18(14(21)16-13(8)20)10-4-17(5-11(10)19)6-12-9(2)15-7-22-12/h3,7,10-11,19H,4-6H2,1-2H3,(H,16,20,21)/t10-,11-/m1/s1. The van der Waals surface area contributed by atoms with Gasteiger partial charge in [0.05, 0.1) is 23.4 Å². The number of H-pyrrole nitrogens is 1. The quantitative estimate of drug-likeness (QED) is 0.832. The van der Waals surface area contributed by atoms with E-state index >= 15 is 0 Å². The van der Waals surface area contributed by atoms with Crippen molar-refractivity contribution in [1.82, 2.24) is 19.4 Å². The number of rotatable bonds is 3. The Morgan fingerprint density at radius 3 is 2.86 bits per heavy atom. The van der Waals surface area contributed by atoms with Crippen LogP contribution in [0, 0.1) is 13.8 Å². The number of aryl methyl sites for hydroxylation is 2. The molecule has 1 saturated heterocycles. The Morgan fingerprint density at radius 1 is 1.41 bits per heavy atom. The second kappa shape index (κ2) is 5.79. The van der Waals surface area contributed by atoms with Crippen molar-refractivity contribution < 1.29 is 5.11 Å². The third-order valence-electron chi connectivity index (χ3n) is 4.05. The van der Waals surface area contributed by atoms with Gasteiger partial charge in [0.15, 0.2) is 0 Å². The number of thiazole rings is 1. The maximum Gasteiger partial charge on any atom is 0.328 e. The van der Waals surface area contributed by atoms with Crippen molar-refractivity contribution in [2.24, 2.45) is 0 Å².